The summed E-state index contributed by atoms with van der Waals surface area (Å²) in [6.45, 7) is -2.05. The Morgan fingerprint density at radius 1 is 1.27 bits per heavy atom. The van der Waals surface area contributed by atoms with Crippen LogP contribution in [0.3, 0.4) is 0 Å². The number of anilines is 1. The minimum absolute atomic E-state index is 0.0624. The molecule has 138 valence electrons. The fourth-order valence-electron chi connectivity index (χ4n) is 4.93. The van der Waals surface area contributed by atoms with Gasteiger partial charge in [-0.1, -0.05) is 24.2 Å². The number of thiazole rings is 1. The maximum atomic E-state index is 12.4. The van der Waals surface area contributed by atoms with Gasteiger partial charge in [-0.05, 0) is 49.3 Å². The Labute approximate surface area is 153 Å². The molecule has 2 bridgehead atoms. The molecule has 6 rings (SSSR count). The summed E-state index contributed by atoms with van der Waals surface area (Å²) in [5, 5.41) is 0.772. The number of benzene rings is 1. The number of aromatic nitrogens is 1. The van der Waals surface area contributed by atoms with Crippen molar-refractivity contribution in [2.75, 3.05) is 11.4 Å². The van der Waals surface area contributed by atoms with Crippen LogP contribution in [0.4, 0.5) is 13.9 Å². The lowest BCUT2D eigenvalue weighted by Gasteiger charge is -2.47. The Bertz CT molecular complexity index is 877. The molecule has 3 saturated carbocycles. The highest BCUT2D eigenvalue weighted by Crippen LogP contribution is 2.51. The summed E-state index contributed by atoms with van der Waals surface area (Å²) in [6.07, 6.45) is 6.23. The molecule has 3 fully saturated rings. The number of nitrogens with two attached hydrogens (primary N) is 1. The Morgan fingerprint density at radius 2 is 2.08 bits per heavy atom. The number of alkyl halides is 2. The van der Waals surface area contributed by atoms with Crippen molar-refractivity contribution in [1.29, 1.82) is 0 Å². The first-order valence-corrected chi connectivity index (χ1v) is 9.82. The zero-order valence-electron chi connectivity index (χ0n) is 14.2. The van der Waals surface area contributed by atoms with E-state index in [1.165, 1.54) is 43.1 Å². The van der Waals surface area contributed by atoms with Crippen molar-refractivity contribution >= 4 is 32.6 Å². The van der Waals surface area contributed by atoms with Gasteiger partial charge in [0.1, 0.15) is 5.75 Å². The highest BCUT2D eigenvalue weighted by Gasteiger charge is 2.52. The van der Waals surface area contributed by atoms with Gasteiger partial charge in [0.15, 0.2) is 11.1 Å². The number of rotatable bonds is 3. The van der Waals surface area contributed by atoms with Gasteiger partial charge in [0, 0.05) is 0 Å². The molecule has 1 spiro atoms. The molecule has 2 aromatic rings. The zero-order chi connectivity index (χ0) is 17.9. The average Bonchev–Trinajstić information content (AvgIpc) is 3.16. The number of guanidine groups is 1. The molecule has 8 heteroatoms. The molecule has 0 amide bonds. The highest BCUT2D eigenvalue weighted by molar-refractivity contribution is 7.22. The molecule has 4 aliphatic rings. The van der Waals surface area contributed by atoms with E-state index in [4.69, 9.17) is 10.7 Å². The third-order valence-corrected chi connectivity index (χ3v) is 7.14. The zero-order valence-corrected chi connectivity index (χ0v) is 15.0. The Morgan fingerprint density at radius 3 is 2.77 bits per heavy atom. The van der Waals surface area contributed by atoms with Crippen LogP contribution < -0.4 is 15.4 Å². The second kappa shape index (κ2) is 5.77. The molecule has 0 saturated heterocycles. The van der Waals surface area contributed by atoms with Crippen LogP contribution in [0, 0.1) is 11.8 Å². The maximum Gasteiger partial charge on any atom is 0.387 e. The number of hydrogen-bond acceptors (Lipinski definition) is 6. The molecule has 3 aliphatic carbocycles. The fourth-order valence-corrected chi connectivity index (χ4v) is 5.93. The van der Waals surface area contributed by atoms with Crippen LogP contribution in [0.25, 0.3) is 10.2 Å². The van der Waals surface area contributed by atoms with E-state index in [-0.39, 0.29) is 11.3 Å². The van der Waals surface area contributed by atoms with Crippen molar-refractivity contribution in [3.8, 4) is 5.75 Å². The highest BCUT2D eigenvalue weighted by atomic mass is 32.1. The summed E-state index contributed by atoms with van der Waals surface area (Å²) >= 11 is 1.44. The number of hydrogen-bond donors (Lipinski definition) is 1. The third kappa shape index (κ3) is 2.53. The SMILES string of the molecule is NC1=NC2(CC3CCC2CC3)CN1c1nc2ccc(OC(F)F)cc2s1. The van der Waals surface area contributed by atoms with Crippen LogP contribution in [0.2, 0.25) is 0 Å². The maximum absolute atomic E-state index is 12.4. The molecule has 26 heavy (non-hydrogen) atoms. The average molecular weight is 378 g/mol. The van der Waals surface area contributed by atoms with Crippen LogP contribution >= 0.6 is 11.3 Å². The van der Waals surface area contributed by atoms with Gasteiger partial charge in [-0.25, -0.2) is 9.98 Å². The lowest BCUT2D eigenvalue weighted by molar-refractivity contribution is -0.0497. The monoisotopic (exact) mass is 378 g/mol. The van der Waals surface area contributed by atoms with Gasteiger partial charge in [0.25, 0.3) is 0 Å². The van der Waals surface area contributed by atoms with Crippen molar-refractivity contribution in [3.05, 3.63) is 18.2 Å². The van der Waals surface area contributed by atoms with E-state index in [1.54, 1.807) is 12.1 Å². The quantitative estimate of drug-likeness (QED) is 0.877. The molecular formula is C18H20F2N4OS. The molecule has 2 N–H and O–H groups in total. The van der Waals surface area contributed by atoms with Gasteiger partial charge < -0.3 is 10.5 Å². The lowest BCUT2D eigenvalue weighted by Crippen LogP contribution is -2.49. The largest absolute Gasteiger partial charge is 0.435 e. The molecule has 0 radical (unpaired) electrons. The Balaban J connectivity index is 1.44. The third-order valence-electron chi connectivity index (χ3n) is 6.10. The predicted octanol–water partition coefficient (Wildman–Crippen LogP) is 3.98. The summed E-state index contributed by atoms with van der Waals surface area (Å²) in [7, 11) is 0. The van der Waals surface area contributed by atoms with E-state index >= 15 is 0 Å². The number of halogens is 2. The molecule has 5 nitrogen and oxygen atoms in total. The topological polar surface area (TPSA) is 63.7 Å². The van der Waals surface area contributed by atoms with Gasteiger partial charge in [-0.3, -0.25) is 4.90 Å². The van der Waals surface area contributed by atoms with Gasteiger partial charge in [0.05, 0.1) is 22.3 Å². The molecule has 2 heterocycles. The van der Waals surface area contributed by atoms with Crippen molar-refractivity contribution < 1.29 is 13.5 Å². The van der Waals surface area contributed by atoms with Crippen molar-refractivity contribution in [2.45, 2.75) is 44.3 Å². The Kier molecular flexibility index (Phi) is 3.60. The summed E-state index contributed by atoms with van der Waals surface area (Å²) in [5.41, 5.74) is 6.98. The minimum atomic E-state index is -2.83. The first kappa shape index (κ1) is 16.2. The van der Waals surface area contributed by atoms with Crippen LogP contribution in [-0.4, -0.2) is 29.6 Å². The van der Waals surface area contributed by atoms with Crippen molar-refractivity contribution in [1.82, 2.24) is 4.98 Å². The summed E-state index contributed by atoms with van der Waals surface area (Å²) in [5.74, 6) is 2.05. The number of ether oxygens (including phenoxy) is 1. The summed E-state index contributed by atoms with van der Waals surface area (Å²) in [6, 6.07) is 4.82. The first-order valence-electron chi connectivity index (χ1n) is 9.01. The molecular weight excluding hydrogens is 358 g/mol. The molecule has 1 aliphatic heterocycles. The number of aliphatic imine (C=N–C) groups is 1. The van der Waals surface area contributed by atoms with Crippen LogP contribution in [0.1, 0.15) is 32.1 Å². The van der Waals surface area contributed by atoms with Crippen molar-refractivity contribution in [2.24, 2.45) is 22.6 Å². The minimum Gasteiger partial charge on any atom is -0.435 e. The van der Waals surface area contributed by atoms with Crippen LogP contribution in [-0.2, 0) is 0 Å². The lowest BCUT2D eigenvalue weighted by atomic mass is 9.60. The number of nitrogens with zero attached hydrogens (tertiary/aromatic N) is 3. The second-order valence-electron chi connectivity index (χ2n) is 7.59. The van der Waals surface area contributed by atoms with Crippen LogP contribution in [0.5, 0.6) is 5.75 Å². The van der Waals surface area contributed by atoms with E-state index in [0.29, 0.717) is 11.9 Å². The van der Waals surface area contributed by atoms with Gasteiger partial charge >= 0.3 is 6.61 Å². The van der Waals surface area contributed by atoms with E-state index < -0.39 is 6.61 Å². The van der Waals surface area contributed by atoms with Crippen LogP contribution in [0.15, 0.2) is 23.2 Å². The fraction of sp³-hybridized carbons (Fsp3) is 0.556. The second-order valence-corrected chi connectivity index (χ2v) is 8.60. The molecule has 1 aromatic carbocycles. The number of fused-ring (bicyclic) bond motifs is 3. The summed E-state index contributed by atoms with van der Waals surface area (Å²) < 4.78 is 30.1. The first-order chi connectivity index (χ1) is 12.5. The molecule has 1 atom stereocenters. The molecule has 1 unspecified atom stereocenters. The standard InChI is InChI=1S/C18H20F2N4OS/c19-15(20)25-12-5-6-13-14(7-12)26-17(22-13)24-9-18(23-16(24)21)8-10-1-3-11(18)4-2-10/h5-7,10-11,15H,1-4,8-9H2,(H2,21,23). The van der Waals surface area contributed by atoms with E-state index in [1.807, 2.05) is 4.90 Å². The van der Waals surface area contributed by atoms with Gasteiger partial charge in [0.2, 0.25) is 0 Å². The normalized spacial score (nSPS) is 30.6. The van der Waals surface area contributed by atoms with Crippen molar-refractivity contribution in [3.63, 3.8) is 0 Å². The Hall–Kier alpha value is -1.96. The smallest absolute Gasteiger partial charge is 0.387 e. The van der Waals surface area contributed by atoms with Gasteiger partial charge in [-0.15, -0.1) is 0 Å². The summed E-state index contributed by atoms with van der Waals surface area (Å²) in [4.78, 5) is 11.6. The predicted molar refractivity (Wildman–Crippen MR) is 98.0 cm³/mol. The van der Waals surface area contributed by atoms with Gasteiger partial charge in [-0.2, -0.15) is 8.78 Å². The van der Waals surface area contributed by atoms with E-state index in [9.17, 15) is 8.78 Å². The van der Waals surface area contributed by atoms with E-state index in [0.717, 1.165) is 34.2 Å². The van der Waals surface area contributed by atoms with E-state index in [2.05, 4.69) is 9.72 Å². The molecule has 1 aromatic heterocycles.